The summed E-state index contributed by atoms with van der Waals surface area (Å²) in [6.45, 7) is 27.7. The Labute approximate surface area is 376 Å². The molecule has 0 bridgehead atoms. The molecule has 0 unspecified atom stereocenters. The minimum atomic E-state index is -2.86. The van der Waals surface area contributed by atoms with Crippen LogP contribution in [-0.4, -0.2) is 21.5 Å². The number of thiophene rings is 2. The maximum Gasteiger partial charge on any atom is 0.255 e. The molecule has 2 heterocycles. The van der Waals surface area contributed by atoms with Gasteiger partial charge in [0, 0.05) is 9.00 Å². The van der Waals surface area contributed by atoms with E-state index in [1.807, 2.05) is 0 Å². The summed E-state index contributed by atoms with van der Waals surface area (Å²) in [5, 5.41) is 2.85. The summed E-state index contributed by atoms with van der Waals surface area (Å²) >= 11 is 4.11. The van der Waals surface area contributed by atoms with E-state index in [2.05, 4.69) is 239 Å². The van der Waals surface area contributed by atoms with Gasteiger partial charge in [0.25, 0.3) is 13.4 Å². The van der Waals surface area contributed by atoms with Gasteiger partial charge >= 0.3 is 0 Å². The molecule has 304 valence electrons. The lowest BCUT2D eigenvalue weighted by Crippen LogP contribution is -2.73. The van der Waals surface area contributed by atoms with Gasteiger partial charge in [-0.2, -0.15) is 22.7 Å². The molecule has 0 aliphatic heterocycles. The van der Waals surface area contributed by atoms with E-state index in [9.17, 15) is 0 Å². The van der Waals surface area contributed by atoms with Crippen LogP contribution in [-0.2, 0) is 0 Å². The first kappa shape index (κ1) is 42.7. The van der Waals surface area contributed by atoms with Crippen LogP contribution in [0.4, 0.5) is 0 Å². The van der Waals surface area contributed by atoms with Crippen molar-refractivity contribution in [3.05, 3.63) is 200 Å². The zero-order valence-electron chi connectivity index (χ0n) is 38.2. The Morgan fingerprint density at radius 3 is 0.803 bits per heavy atom. The van der Waals surface area contributed by atoms with Crippen LogP contribution < -0.4 is 50.8 Å². The minimum absolute atomic E-state index is 0.126. The lowest BCUT2D eigenvalue weighted by Gasteiger charge is -2.32. The van der Waals surface area contributed by atoms with Crippen LogP contribution in [0.25, 0.3) is 0 Å². The van der Waals surface area contributed by atoms with Crippen molar-refractivity contribution in [3.8, 4) is 0 Å². The van der Waals surface area contributed by atoms with E-state index in [1.165, 1.54) is 118 Å². The monoisotopic (exact) mass is 844 g/mol. The Kier molecular flexibility index (Phi) is 12.0. The molecule has 0 saturated heterocycles. The van der Waals surface area contributed by atoms with Crippen molar-refractivity contribution in [2.45, 2.75) is 83.1 Å². The van der Waals surface area contributed by atoms with Crippen LogP contribution in [0.1, 0.15) is 66.8 Å². The molecule has 0 aliphatic rings. The summed E-state index contributed by atoms with van der Waals surface area (Å²) in [6.07, 6.45) is 0. The third kappa shape index (κ3) is 7.79. The first-order chi connectivity index (χ1) is 29.2. The third-order valence-corrected chi connectivity index (χ3v) is 21.7. The summed E-state index contributed by atoms with van der Waals surface area (Å²) in [6, 6.07) is 52.1. The number of benzene rings is 6. The second-order valence-corrected chi connectivity index (χ2v) is 24.7. The molecule has 6 aromatic carbocycles. The number of rotatable bonds is 10. The normalized spacial score (nSPS) is 11.6. The van der Waals surface area contributed by atoms with Crippen LogP contribution in [0, 0.1) is 83.1 Å². The van der Waals surface area contributed by atoms with Gasteiger partial charge in [-0.05, 0) is 103 Å². The van der Waals surface area contributed by atoms with Crippen molar-refractivity contribution in [1.29, 1.82) is 0 Å². The summed E-state index contributed by atoms with van der Waals surface area (Å²) in [4.78, 5) is 0. The van der Waals surface area contributed by atoms with Crippen molar-refractivity contribution in [2.75, 3.05) is 0 Å². The molecule has 0 atom stereocenters. The Balaban J connectivity index is 1.42. The van der Waals surface area contributed by atoms with Crippen LogP contribution in [0.3, 0.4) is 0 Å². The summed E-state index contributed by atoms with van der Waals surface area (Å²) in [5.74, 6) is 0. The molecular weight excluding hydrogens is 786 g/mol. The Hall–Kier alpha value is -4.93. The second kappa shape index (κ2) is 17.1. The fraction of sp³-hybridized carbons (Fsp3) is 0.214. The van der Waals surface area contributed by atoms with Gasteiger partial charge in [0.1, 0.15) is 0 Å². The first-order valence-electron chi connectivity index (χ1n) is 21.8. The molecule has 0 saturated carbocycles. The van der Waals surface area contributed by atoms with E-state index >= 15 is 0 Å². The predicted molar refractivity (Wildman–Crippen MR) is 278 cm³/mol. The molecule has 0 N–H and O–H groups in total. The quantitative estimate of drug-likeness (QED) is 0.123. The molecule has 8 rings (SSSR count). The van der Waals surface area contributed by atoms with Gasteiger partial charge in [-0.25, -0.2) is 0 Å². The smallest absolute Gasteiger partial charge is 0.158 e. The fourth-order valence-electron chi connectivity index (χ4n) is 11.1. The summed E-state index contributed by atoms with van der Waals surface area (Å²) in [7, 11) is -2.86. The molecule has 0 aliphatic carbocycles. The molecule has 2 aromatic heterocycles. The van der Waals surface area contributed by atoms with Gasteiger partial charge in [0.15, 0.2) is 0 Å². The molecule has 5 heteroatoms. The SMILES string of the molecule is Cc1cc(C)c(B(c2ccc([Si](c3ccccc3)(c3ccccc3)c3ccc(B(c4c(C)cc(C)cc4C)c4c(C)cc(C)cc4C)s3)s2)c2c(C)cc(C)cc2C)c(C)c1. The van der Waals surface area contributed by atoms with Crippen molar-refractivity contribution in [1.82, 2.24) is 0 Å². The van der Waals surface area contributed by atoms with Gasteiger partial charge in [0.05, 0.1) is 0 Å². The van der Waals surface area contributed by atoms with Gasteiger partial charge in [0.2, 0.25) is 8.07 Å². The van der Waals surface area contributed by atoms with Crippen LogP contribution in [0.5, 0.6) is 0 Å². The van der Waals surface area contributed by atoms with E-state index < -0.39 is 8.07 Å². The van der Waals surface area contributed by atoms with E-state index in [0.29, 0.717) is 0 Å². The Morgan fingerprint density at radius 1 is 0.311 bits per heavy atom. The second-order valence-electron chi connectivity index (χ2n) is 18.0. The van der Waals surface area contributed by atoms with Crippen molar-refractivity contribution < 1.29 is 0 Å². The average Bonchev–Trinajstić information content (AvgIpc) is 3.88. The average molecular weight is 845 g/mol. The molecule has 0 radical (unpaired) electrons. The molecule has 61 heavy (non-hydrogen) atoms. The van der Waals surface area contributed by atoms with Crippen molar-refractivity contribution >= 4 is 95.0 Å². The molecule has 8 aromatic rings. The lowest BCUT2D eigenvalue weighted by atomic mass is 9.37. The number of aryl methyl sites for hydroxylation is 12. The maximum absolute atomic E-state index is 2.86. The third-order valence-electron chi connectivity index (χ3n) is 13.1. The highest BCUT2D eigenvalue weighted by Crippen LogP contribution is 2.20. The zero-order chi connectivity index (χ0) is 43.3. The summed E-state index contributed by atoms with van der Waals surface area (Å²) in [5.41, 5.74) is 22.0. The fourth-order valence-corrected chi connectivity index (χ4v) is 20.8. The predicted octanol–water partition coefficient (Wildman–Crippen LogP) is 7.92. The van der Waals surface area contributed by atoms with Gasteiger partial charge in [-0.15, -0.1) is 0 Å². The number of hydrogen-bond donors (Lipinski definition) is 0. The summed E-state index contributed by atoms with van der Waals surface area (Å²) < 4.78 is 5.78. The molecular formula is C56H58B2S2Si. The van der Waals surface area contributed by atoms with Crippen molar-refractivity contribution in [2.24, 2.45) is 0 Å². The van der Waals surface area contributed by atoms with Crippen LogP contribution in [0.2, 0.25) is 0 Å². The van der Waals surface area contributed by atoms with Crippen molar-refractivity contribution in [3.63, 3.8) is 0 Å². The first-order valence-corrected chi connectivity index (χ1v) is 25.4. The highest BCUT2D eigenvalue weighted by molar-refractivity contribution is 7.48. The van der Waals surface area contributed by atoms with E-state index in [4.69, 9.17) is 0 Å². The van der Waals surface area contributed by atoms with Crippen LogP contribution >= 0.6 is 22.7 Å². The Morgan fingerprint density at radius 2 is 0.557 bits per heavy atom. The standard InChI is InChI=1S/C56H58B2S2Si/c1-35-27-39(5)53(40(6)28-35)57(54-41(7)29-36(2)30-42(54)8)49-23-25-51(59-49)61(47-19-15-13-16-20-47,48-21-17-14-18-22-48)52-26-24-50(60-52)58(55-43(9)31-37(3)32-44(55)10)56-45(11)33-38(4)34-46(56)12/h13-34H,1-12H3. The van der Waals surface area contributed by atoms with E-state index in [0.717, 1.165) is 0 Å². The van der Waals surface area contributed by atoms with Gasteiger partial charge in [-0.1, -0.05) is 222 Å². The highest BCUT2D eigenvalue weighted by atomic mass is 32.1. The van der Waals surface area contributed by atoms with E-state index in [1.54, 1.807) is 0 Å². The van der Waals surface area contributed by atoms with Crippen LogP contribution in [0.15, 0.2) is 133 Å². The molecule has 0 amide bonds. The largest absolute Gasteiger partial charge is 0.255 e. The number of hydrogen-bond acceptors (Lipinski definition) is 2. The molecule has 0 fully saturated rings. The Bertz CT molecular complexity index is 2490. The lowest BCUT2D eigenvalue weighted by molar-refractivity contribution is 1.34. The minimum Gasteiger partial charge on any atom is -0.158 e. The topological polar surface area (TPSA) is 0 Å². The molecule has 0 nitrogen and oxygen atoms in total. The van der Waals surface area contributed by atoms with Gasteiger partial charge in [-0.3, -0.25) is 0 Å². The van der Waals surface area contributed by atoms with Gasteiger partial charge < -0.3 is 0 Å². The maximum atomic E-state index is 2.52. The molecule has 0 spiro atoms. The highest BCUT2D eigenvalue weighted by Gasteiger charge is 2.45. The zero-order valence-corrected chi connectivity index (χ0v) is 40.8. The van der Waals surface area contributed by atoms with E-state index in [-0.39, 0.29) is 13.4 Å².